The van der Waals surface area contributed by atoms with Crippen LogP contribution < -0.4 is 0 Å². The fourth-order valence-electron chi connectivity index (χ4n) is 6.47. The maximum atomic E-state index is 10.7. The average Bonchev–Trinajstić information content (AvgIpc) is 3.17. The van der Waals surface area contributed by atoms with Crippen LogP contribution in [0.5, 0.6) is 0 Å². The van der Waals surface area contributed by atoms with E-state index in [0.717, 1.165) is 29.1 Å². The van der Waals surface area contributed by atoms with Crippen LogP contribution in [-0.4, -0.2) is 75.6 Å². The van der Waals surface area contributed by atoms with E-state index in [2.05, 4.69) is 37.1 Å². The van der Waals surface area contributed by atoms with Crippen molar-refractivity contribution in [2.24, 2.45) is 0 Å². The molecule has 43 heavy (non-hydrogen) atoms. The van der Waals surface area contributed by atoms with Gasteiger partial charge in [-0.2, -0.15) is 0 Å². The third-order valence-corrected chi connectivity index (χ3v) is 11.9. The number of fused-ring (bicyclic) bond motifs is 2. The predicted octanol–water partition coefficient (Wildman–Crippen LogP) is 5.77. The molecule has 4 aliphatic heterocycles. The molecule has 0 amide bonds. The first-order valence-corrected chi connectivity index (χ1v) is 17.3. The molecule has 4 heterocycles. The first kappa shape index (κ1) is 31.2. The molecule has 2 aromatic carbocycles. The van der Waals surface area contributed by atoms with Crippen molar-refractivity contribution in [1.29, 1.82) is 0 Å². The molecule has 4 aliphatic rings. The van der Waals surface area contributed by atoms with Gasteiger partial charge in [0.1, 0.15) is 24.4 Å². The van der Waals surface area contributed by atoms with Crippen molar-refractivity contribution in [1.82, 2.24) is 0 Å². The second-order valence-corrected chi connectivity index (χ2v) is 15.4. The van der Waals surface area contributed by atoms with E-state index in [9.17, 15) is 5.11 Å². The van der Waals surface area contributed by atoms with Crippen molar-refractivity contribution in [3.8, 4) is 12.3 Å². The minimum absolute atomic E-state index is 0.0235. The van der Waals surface area contributed by atoms with Crippen LogP contribution in [0.25, 0.3) is 0 Å². The summed E-state index contributed by atoms with van der Waals surface area (Å²) in [4.78, 5) is 0. The van der Waals surface area contributed by atoms with Gasteiger partial charge in [-0.15, -0.1) is 35.9 Å². The van der Waals surface area contributed by atoms with E-state index in [1.54, 1.807) is 6.08 Å². The highest BCUT2D eigenvalue weighted by Gasteiger charge is 2.54. The molecule has 9 atom stereocenters. The maximum absolute atomic E-state index is 10.7. The van der Waals surface area contributed by atoms with Gasteiger partial charge in [-0.1, -0.05) is 72.8 Å². The second kappa shape index (κ2) is 14.5. The van der Waals surface area contributed by atoms with Crippen molar-refractivity contribution in [3.63, 3.8) is 0 Å². The summed E-state index contributed by atoms with van der Waals surface area (Å²) in [5, 5.41) is 10.7. The number of aliphatic hydroxyl groups excluding tert-OH is 1. The number of aliphatic hydroxyl groups is 1. The topological polar surface area (TPSA) is 66.4 Å². The number of thioether (sulfide) groups is 2. The first-order chi connectivity index (χ1) is 21.0. The van der Waals surface area contributed by atoms with Crippen molar-refractivity contribution in [2.45, 2.75) is 105 Å². The molecule has 2 aromatic rings. The maximum Gasteiger partial charge on any atom is 0.115 e. The van der Waals surface area contributed by atoms with Gasteiger partial charge < -0.3 is 28.8 Å². The summed E-state index contributed by atoms with van der Waals surface area (Å²) in [6, 6.07) is 20.5. The number of ether oxygens (including phenoxy) is 5. The number of hydrogen-bond acceptors (Lipinski definition) is 8. The monoisotopic (exact) mass is 622 g/mol. The van der Waals surface area contributed by atoms with Gasteiger partial charge in [0.25, 0.3) is 0 Å². The summed E-state index contributed by atoms with van der Waals surface area (Å²) in [5.41, 5.74) is 2.21. The summed E-state index contributed by atoms with van der Waals surface area (Å²) in [6.07, 6.45) is 8.89. The lowest BCUT2D eigenvalue weighted by atomic mass is 9.86. The second-order valence-electron chi connectivity index (χ2n) is 11.9. The molecule has 230 valence electrons. The standard InChI is InChI=1S/C35H42O6S2/c1-3-11-27-26(36)16-17-28-29(39-27)20-30-33(41-28)34(38-23-25-14-8-5-9-15-25)32(37-22-24-12-6-4-7-13-24)31(40-30)21-35(2)42-18-10-19-43-35/h1,4-9,12-17,26-34,36H,10-11,18-23H2,2H3/t26-,27-,28-,29+,30-,31+,32+,33-,34-/m1/s1. The number of rotatable bonds is 9. The van der Waals surface area contributed by atoms with Crippen LogP contribution in [0, 0.1) is 12.3 Å². The highest BCUT2D eigenvalue weighted by Crippen LogP contribution is 2.48. The highest BCUT2D eigenvalue weighted by atomic mass is 32.2. The first-order valence-electron chi connectivity index (χ1n) is 15.4. The Balaban J connectivity index is 1.30. The van der Waals surface area contributed by atoms with Crippen LogP contribution >= 0.6 is 23.5 Å². The Bertz CT molecular complexity index is 1230. The molecule has 3 saturated heterocycles. The predicted molar refractivity (Wildman–Crippen MR) is 172 cm³/mol. The van der Waals surface area contributed by atoms with E-state index < -0.39 is 12.2 Å². The van der Waals surface area contributed by atoms with Crippen LogP contribution in [0.4, 0.5) is 0 Å². The summed E-state index contributed by atoms with van der Waals surface area (Å²) >= 11 is 4.04. The van der Waals surface area contributed by atoms with Gasteiger partial charge in [-0.05, 0) is 42.4 Å². The Morgan fingerprint density at radius 1 is 0.860 bits per heavy atom. The smallest absolute Gasteiger partial charge is 0.115 e. The molecule has 6 rings (SSSR count). The molecule has 8 heteroatoms. The lowest BCUT2D eigenvalue weighted by Crippen LogP contribution is -2.65. The fraction of sp³-hybridized carbons (Fsp3) is 0.543. The van der Waals surface area contributed by atoms with E-state index in [1.807, 2.05) is 66.0 Å². The molecule has 0 bridgehead atoms. The van der Waals surface area contributed by atoms with E-state index in [-0.39, 0.29) is 46.8 Å². The highest BCUT2D eigenvalue weighted by molar-refractivity contribution is 8.18. The van der Waals surface area contributed by atoms with E-state index >= 15 is 0 Å². The Labute approximate surface area is 264 Å². The average molecular weight is 623 g/mol. The van der Waals surface area contributed by atoms with Gasteiger partial charge in [0.15, 0.2) is 0 Å². The molecule has 1 N–H and O–H groups in total. The van der Waals surface area contributed by atoms with Crippen molar-refractivity contribution >= 4 is 23.5 Å². The summed E-state index contributed by atoms with van der Waals surface area (Å²) in [6.45, 7) is 3.24. The minimum atomic E-state index is -0.784. The molecule has 0 saturated carbocycles. The van der Waals surface area contributed by atoms with Crippen LogP contribution in [0.2, 0.25) is 0 Å². The zero-order valence-corrected chi connectivity index (χ0v) is 26.3. The molecule has 0 spiro atoms. The van der Waals surface area contributed by atoms with Gasteiger partial charge >= 0.3 is 0 Å². The molecule has 0 radical (unpaired) electrons. The SMILES string of the molecule is C#CC[C@H]1O[C@H]2C[C@H]3O[C@@H](CC4(C)SCCCS4)[C@H](OCc4ccccc4)[C@@H](OCc4ccccc4)[C@@H]3O[C@@H]2C=C[C@H]1O. The summed E-state index contributed by atoms with van der Waals surface area (Å²) < 4.78 is 33.8. The number of terminal acetylenes is 1. The molecular weight excluding hydrogens is 581 g/mol. The zero-order valence-electron chi connectivity index (χ0n) is 24.7. The fourth-order valence-corrected chi connectivity index (χ4v) is 9.49. The van der Waals surface area contributed by atoms with E-state index in [1.165, 1.54) is 6.42 Å². The quantitative estimate of drug-likeness (QED) is 0.280. The molecular formula is C35H42O6S2. The lowest BCUT2D eigenvalue weighted by Gasteiger charge is -2.52. The van der Waals surface area contributed by atoms with E-state index in [0.29, 0.717) is 26.1 Å². The Morgan fingerprint density at radius 3 is 2.14 bits per heavy atom. The molecule has 0 aromatic heterocycles. The molecule has 0 unspecified atom stereocenters. The van der Waals surface area contributed by atoms with E-state index in [4.69, 9.17) is 30.1 Å². The van der Waals surface area contributed by atoms with Crippen LogP contribution in [0.3, 0.4) is 0 Å². The van der Waals surface area contributed by atoms with Crippen molar-refractivity contribution < 1.29 is 28.8 Å². The van der Waals surface area contributed by atoms with Gasteiger partial charge in [0.05, 0.1) is 47.8 Å². The van der Waals surface area contributed by atoms with Crippen LogP contribution in [0.15, 0.2) is 72.8 Å². The van der Waals surface area contributed by atoms with Gasteiger partial charge in [-0.3, -0.25) is 0 Å². The summed E-state index contributed by atoms with van der Waals surface area (Å²) in [5.74, 6) is 4.95. The summed E-state index contributed by atoms with van der Waals surface area (Å²) in [7, 11) is 0. The third-order valence-electron chi connectivity index (χ3n) is 8.67. The van der Waals surface area contributed by atoms with Gasteiger partial charge in [0, 0.05) is 12.8 Å². The van der Waals surface area contributed by atoms with Crippen LogP contribution in [-0.2, 0) is 36.9 Å². The largest absolute Gasteiger partial charge is 0.386 e. The zero-order chi connectivity index (χ0) is 29.6. The number of benzene rings is 2. The molecule has 3 fully saturated rings. The Hall–Kier alpha value is -1.80. The lowest BCUT2D eigenvalue weighted by molar-refractivity contribution is -0.300. The molecule has 6 nitrogen and oxygen atoms in total. The minimum Gasteiger partial charge on any atom is -0.386 e. The van der Waals surface area contributed by atoms with Crippen molar-refractivity contribution in [2.75, 3.05) is 11.5 Å². The third kappa shape index (κ3) is 7.71. The van der Waals surface area contributed by atoms with Crippen LogP contribution in [0.1, 0.15) is 43.7 Å². The Morgan fingerprint density at radius 2 is 1.49 bits per heavy atom. The molecule has 0 aliphatic carbocycles. The normalized spacial score (nSPS) is 35.2. The van der Waals surface area contributed by atoms with Crippen molar-refractivity contribution in [3.05, 3.63) is 83.9 Å². The Kier molecular flexibility index (Phi) is 10.5. The number of hydrogen-bond donors (Lipinski definition) is 1. The van der Waals surface area contributed by atoms with Gasteiger partial charge in [-0.25, -0.2) is 0 Å². The van der Waals surface area contributed by atoms with Gasteiger partial charge in [0.2, 0.25) is 0 Å².